The van der Waals surface area contributed by atoms with Crippen molar-refractivity contribution in [2.45, 2.75) is 19.3 Å². The van der Waals surface area contributed by atoms with E-state index in [-0.39, 0.29) is 45.6 Å². The molecule has 6 aromatic rings. The van der Waals surface area contributed by atoms with Crippen LogP contribution in [0.15, 0.2) is 84.9 Å². The van der Waals surface area contributed by atoms with Crippen LogP contribution in [0.2, 0.25) is 0 Å². The van der Waals surface area contributed by atoms with Crippen molar-refractivity contribution in [3.05, 3.63) is 103 Å². The third kappa shape index (κ3) is 2.39. The molecule has 33 heavy (non-hydrogen) atoms. The van der Waals surface area contributed by atoms with Crippen LogP contribution in [0.25, 0.3) is 65.7 Å². The summed E-state index contributed by atoms with van der Waals surface area (Å²) in [5.74, 6) is 0. The molecule has 0 nitrogen and oxygen atoms in total. The summed E-state index contributed by atoms with van der Waals surface area (Å²) in [6, 6.07) is 32.3. The van der Waals surface area contributed by atoms with Crippen LogP contribution in [-0.4, -0.2) is 0 Å². The average molecular weight is 496 g/mol. The molecule has 0 aliphatic heterocycles. The second-order valence-corrected chi connectivity index (χ2v) is 9.77. The standard InChI is InChI=1S/C31H20.CH3.Y/c1-31(2)26-9-4-3-8-20(26)24-15-22-23(16-27(24)31)21-13-12-18-11-10-17-6-5-7-19-14-25(22)30(21)29(18)28(17)19;;/h3-16H,1-2H3;1H3;/q;-1;. The predicted molar refractivity (Wildman–Crippen MR) is 139 cm³/mol. The molecule has 0 bridgehead atoms. The summed E-state index contributed by atoms with van der Waals surface area (Å²) in [6.07, 6.45) is 0. The van der Waals surface area contributed by atoms with E-state index >= 15 is 0 Å². The molecule has 8 rings (SSSR count). The molecule has 1 radical (unpaired) electrons. The fraction of sp³-hybridized carbons (Fsp3) is 0.0938. The van der Waals surface area contributed by atoms with Gasteiger partial charge in [0, 0.05) is 38.1 Å². The van der Waals surface area contributed by atoms with Crippen LogP contribution < -0.4 is 0 Å². The molecule has 0 spiro atoms. The monoisotopic (exact) mass is 496 g/mol. The van der Waals surface area contributed by atoms with Gasteiger partial charge in [-0.3, -0.25) is 0 Å². The Kier molecular flexibility index (Phi) is 4.30. The van der Waals surface area contributed by atoms with E-state index < -0.39 is 0 Å². The van der Waals surface area contributed by atoms with Crippen LogP contribution >= 0.6 is 0 Å². The molecule has 0 unspecified atom stereocenters. The summed E-state index contributed by atoms with van der Waals surface area (Å²) < 4.78 is 0. The van der Waals surface area contributed by atoms with Crippen molar-refractivity contribution in [1.29, 1.82) is 0 Å². The van der Waals surface area contributed by atoms with E-state index in [9.17, 15) is 0 Å². The van der Waals surface area contributed by atoms with Crippen LogP contribution in [0, 0.1) is 7.43 Å². The van der Waals surface area contributed by atoms with Gasteiger partial charge in [-0.25, -0.2) is 0 Å². The van der Waals surface area contributed by atoms with E-state index in [0.717, 1.165) is 0 Å². The van der Waals surface area contributed by atoms with Gasteiger partial charge in [0.2, 0.25) is 0 Å². The van der Waals surface area contributed by atoms with Crippen molar-refractivity contribution < 1.29 is 32.7 Å². The van der Waals surface area contributed by atoms with E-state index in [1.807, 2.05) is 0 Å². The molecule has 0 heterocycles. The molecule has 0 saturated heterocycles. The van der Waals surface area contributed by atoms with E-state index in [1.54, 1.807) is 0 Å². The molecule has 0 fully saturated rings. The molecule has 155 valence electrons. The Hall–Kier alpha value is -2.54. The minimum absolute atomic E-state index is 0. The summed E-state index contributed by atoms with van der Waals surface area (Å²) in [5, 5.41) is 8.30. The van der Waals surface area contributed by atoms with E-state index in [4.69, 9.17) is 0 Å². The second kappa shape index (κ2) is 6.75. The Morgan fingerprint density at radius 1 is 0.455 bits per heavy atom. The number of benzene rings is 6. The fourth-order valence-electron chi connectivity index (χ4n) is 6.48. The Morgan fingerprint density at radius 2 is 1.15 bits per heavy atom. The third-order valence-electron chi connectivity index (χ3n) is 7.93. The summed E-state index contributed by atoms with van der Waals surface area (Å²) in [5.41, 5.74) is 11.3. The Balaban J connectivity index is 0.00000103. The molecule has 1 heteroatoms. The minimum atomic E-state index is 0. The van der Waals surface area contributed by atoms with Gasteiger partial charge >= 0.3 is 0 Å². The van der Waals surface area contributed by atoms with Crippen molar-refractivity contribution in [1.82, 2.24) is 0 Å². The molecule has 0 amide bonds. The van der Waals surface area contributed by atoms with E-state index in [2.05, 4.69) is 98.8 Å². The topological polar surface area (TPSA) is 0 Å². The van der Waals surface area contributed by atoms with Crippen molar-refractivity contribution in [2.75, 3.05) is 0 Å². The molecule has 2 aliphatic rings. The maximum atomic E-state index is 2.49. The molecular formula is C32H23Y-. The van der Waals surface area contributed by atoms with Crippen molar-refractivity contribution in [2.24, 2.45) is 0 Å². The molecule has 2 aliphatic carbocycles. The van der Waals surface area contributed by atoms with Crippen LogP contribution in [-0.2, 0) is 38.1 Å². The Labute approximate surface area is 219 Å². The van der Waals surface area contributed by atoms with Crippen molar-refractivity contribution in [3.63, 3.8) is 0 Å². The van der Waals surface area contributed by atoms with Gasteiger partial charge in [-0.05, 0) is 95.0 Å². The molecule has 0 N–H and O–H groups in total. The van der Waals surface area contributed by atoms with Gasteiger partial charge in [-0.15, -0.1) is 0 Å². The van der Waals surface area contributed by atoms with Gasteiger partial charge in [-0.2, -0.15) is 0 Å². The number of fused-ring (bicyclic) bond motifs is 6. The second-order valence-electron chi connectivity index (χ2n) is 9.77. The van der Waals surface area contributed by atoms with E-state index in [1.165, 1.54) is 76.8 Å². The molecule has 0 aromatic heterocycles. The molecule has 6 aromatic carbocycles. The smallest absolute Gasteiger partial charge is 0.0159 e. The van der Waals surface area contributed by atoms with E-state index in [0.29, 0.717) is 0 Å². The first-order valence-electron chi connectivity index (χ1n) is 11.1. The van der Waals surface area contributed by atoms with Gasteiger partial charge in [-0.1, -0.05) is 80.6 Å². The fourth-order valence-corrected chi connectivity index (χ4v) is 6.48. The Bertz CT molecular complexity index is 1750. The van der Waals surface area contributed by atoms with Crippen molar-refractivity contribution >= 4 is 32.3 Å². The summed E-state index contributed by atoms with van der Waals surface area (Å²) in [7, 11) is 0. The zero-order valence-corrected chi connectivity index (χ0v) is 22.0. The maximum absolute atomic E-state index is 2.49. The first-order chi connectivity index (χ1) is 15.1. The van der Waals surface area contributed by atoms with Gasteiger partial charge in [0.1, 0.15) is 0 Å². The number of rotatable bonds is 0. The quantitative estimate of drug-likeness (QED) is 0.145. The first kappa shape index (κ1) is 21.0. The zero-order chi connectivity index (χ0) is 20.5. The number of hydrogen-bond acceptors (Lipinski definition) is 0. The number of hydrogen-bond donors (Lipinski definition) is 0. The summed E-state index contributed by atoms with van der Waals surface area (Å²) in [4.78, 5) is 0. The van der Waals surface area contributed by atoms with Crippen LogP contribution in [0.5, 0.6) is 0 Å². The maximum Gasteiger partial charge on any atom is 0.0159 e. The predicted octanol–water partition coefficient (Wildman–Crippen LogP) is 8.99. The van der Waals surface area contributed by atoms with Crippen LogP contribution in [0.1, 0.15) is 25.0 Å². The average Bonchev–Trinajstić information content (AvgIpc) is 3.23. The minimum Gasteiger partial charge on any atom is -0.358 e. The normalized spacial score (nSPS) is 14.1. The summed E-state index contributed by atoms with van der Waals surface area (Å²) in [6.45, 7) is 4.74. The Morgan fingerprint density at radius 3 is 2.00 bits per heavy atom. The zero-order valence-electron chi connectivity index (χ0n) is 19.2. The molecule has 0 saturated carbocycles. The van der Waals surface area contributed by atoms with Gasteiger partial charge < -0.3 is 7.43 Å². The van der Waals surface area contributed by atoms with Crippen molar-refractivity contribution in [3.8, 4) is 33.4 Å². The van der Waals surface area contributed by atoms with Crippen LogP contribution in [0.4, 0.5) is 0 Å². The molecular weight excluding hydrogens is 473 g/mol. The van der Waals surface area contributed by atoms with Gasteiger partial charge in [0.05, 0.1) is 0 Å². The SMILES string of the molecule is CC1(C)c2ccccc2-c2cc3c(cc21)-c1ccc2ccc4cccc5cc-3c1c2c45.[CH3-].[Y]. The van der Waals surface area contributed by atoms with Crippen LogP contribution in [0.3, 0.4) is 0 Å². The largest absolute Gasteiger partial charge is 0.358 e. The van der Waals surface area contributed by atoms with Gasteiger partial charge in [0.25, 0.3) is 0 Å². The van der Waals surface area contributed by atoms with Gasteiger partial charge in [0.15, 0.2) is 0 Å². The molecule has 0 atom stereocenters. The third-order valence-corrected chi connectivity index (χ3v) is 7.93. The summed E-state index contributed by atoms with van der Waals surface area (Å²) >= 11 is 0. The first-order valence-corrected chi connectivity index (χ1v) is 11.1.